The van der Waals surface area contributed by atoms with Crippen LogP contribution in [-0.2, 0) is 0 Å². The summed E-state index contributed by atoms with van der Waals surface area (Å²) in [5.74, 6) is 0.815. The fourth-order valence-corrected chi connectivity index (χ4v) is 4.45. The van der Waals surface area contributed by atoms with Gasteiger partial charge < -0.3 is 10.6 Å². The number of rotatable bonds is 1. The fraction of sp³-hybridized carbons (Fsp3) is 0.429. The number of fused-ring (bicyclic) bond motifs is 3. The van der Waals surface area contributed by atoms with Crippen LogP contribution in [0.15, 0.2) is 18.3 Å². The number of piperidine rings is 1. The molecule has 19 heavy (non-hydrogen) atoms. The summed E-state index contributed by atoms with van der Waals surface area (Å²) >= 11 is 1.47. The predicted molar refractivity (Wildman–Crippen MR) is 76.2 cm³/mol. The normalized spacial score (nSPS) is 25.4. The lowest BCUT2D eigenvalue weighted by atomic mass is 10.1. The third-order valence-electron chi connectivity index (χ3n) is 4.35. The number of likely N-dealkylation sites (tertiary alicyclic amines) is 1. The Labute approximate surface area is 115 Å². The third-order valence-corrected chi connectivity index (χ3v) is 5.49. The van der Waals surface area contributed by atoms with E-state index in [1.54, 1.807) is 6.20 Å². The molecule has 4 nitrogen and oxygen atoms in total. The molecule has 5 heteroatoms. The van der Waals surface area contributed by atoms with E-state index >= 15 is 0 Å². The SMILES string of the molecule is Nc1c(C(=O)N2CC3CCC2C3)sc2cccnc12. The monoisotopic (exact) mass is 273 g/mol. The third kappa shape index (κ3) is 1.57. The summed E-state index contributed by atoms with van der Waals surface area (Å²) in [5.41, 5.74) is 7.42. The van der Waals surface area contributed by atoms with Crippen LogP contribution in [0.4, 0.5) is 5.69 Å². The van der Waals surface area contributed by atoms with Crippen molar-refractivity contribution in [3.8, 4) is 0 Å². The number of carbonyl (C=O) groups is 1. The van der Waals surface area contributed by atoms with Gasteiger partial charge in [0, 0.05) is 18.8 Å². The minimum atomic E-state index is 0.104. The van der Waals surface area contributed by atoms with Crippen molar-refractivity contribution in [1.82, 2.24) is 9.88 Å². The molecule has 2 atom stereocenters. The molecule has 1 saturated carbocycles. The molecule has 1 aliphatic heterocycles. The lowest BCUT2D eigenvalue weighted by Crippen LogP contribution is -2.37. The van der Waals surface area contributed by atoms with Gasteiger partial charge in [0.1, 0.15) is 10.4 Å². The summed E-state index contributed by atoms with van der Waals surface area (Å²) in [6.45, 7) is 0.907. The van der Waals surface area contributed by atoms with Crippen LogP contribution in [0.2, 0.25) is 0 Å². The smallest absolute Gasteiger partial charge is 0.266 e. The molecule has 2 fully saturated rings. The molecular weight excluding hydrogens is 258 g/mol. The van der Waals surface area contributed by atoms with Crippen LogP contribution in [-0.4, -0.2) is 28.4 Å². The van der Waals surface area contributed by atoms with Gasteiger partial charge in [-0.3, -0.25) is 9.78 Å². The molecule has 98 valence electrons. The highest BCUT2D eigenvalue weighted by molar-refractivity contribution is 7.21. The van der Waals surface area contributed by atoms with Crippen LogP contribution in [0.1, 0.15) is 28.9 Å². The number of nitrogens with two attached hydrogens (primary N) is 1. The van der Waals surface area contributed by atoms with Crippen LogP contribution in [0.3, 0.4) is 0 Å². The van der Waals surface area contributed by atoms with E-state index in [1.807, 2.05) is 17.0 Å². The maximum absolute atomic E-state index is 12.7. The van der Waals surface area contributed by atoms with E-state index in [9.17, 15) is 4.79 Å². The first-order valence-corrected chi connectivity index (χ1v) is 7.49. The van der Waals surface area contributed by atoms with Gasteiger partial charge in [-0.05, 0) is 37.3 Å². The maximum Gasteiger partial charge on any atom is 0.266 e. The van der Waals surface area contributed by atoms with E-state index in [0.717, 1.165) is 23.2 Å². The molecule has 0 radical (unpaired) electrons. The summed E-state index contributed by atoms with van der Waals surface area (Å²) in [6, 6.07) is 4.29. The molecule has 2 aliphatic rings. The predicted octanol–water partition coefficient (Wildman–Crippen LogP) is 2.50. The van der Waals surface area contributed by atoms with Crippen molar-refractivity contribution in [2.45, 2.75) is 25.3 Å². The van der Waals surface area contributed by atoms with Crippen molar-refractivity contribution in [2.75, 3.05) is 12.3 Å². The molecule has 2 N–H and O–H groups in total. The second-order valence-electron chi connectivity index (χ2n) is 5.49. The molecule has 1 amide bonds. The molecule has 0 spiro atoms. The van der Waals surface area contributed by atoms with E-state index < -0.39 is 0 Å². The zero-order valence-electron chi connectivity index (χ0n) is 10.5. The number of hydrogen-bond acceptors (Lipinski definition) is 4. The van der Waals surface area contributed by atoms with Gasteiger partial charge in [-0.1, -0.05) is 0 Å². The number of pyridine rings is 1. The Morgan fingerprint density at radius 2 is 2.37 bits per heavy atom. The number of amides is 1. The van der Waals surface area contributed by atoms with Gasteiger partial charge in [0.25, 0.3) is 5.91 Å². The number of aromatic nitrogens is 1. The minimum Gasteiger partial charge on any atom is -0.396 e. The Kier molecular flexibility index (Phi) is 2.33. The summed E-state index contributed by atoms with van der Waals surface area (Å²) in [5, 5.41) is 0. The Balaban J connectivity index is 1.74. The number of carbonyl (C=O) groups excluding carboxylic acids is 1. The average Bonchev–Trinajstić information content (AvgIpc) is 3.13. The van der Waals surface area contributed by atoms with Gasteiger partial charge in [-0.2, -0.15) is 0 Å². The average molecular weight is 273 g/mol. The Bertz CT molecular complexity index is 666. The summed E-state index contributed by atoms with van der Waals surface area (Å²) in [6.07, 6.45) is 5.32. The highest BCUT2D eigenvalue weighted by atomic mass is 32.1. The van der Waals surface area contributed by atoms with Crippen LogP contribution < -0.4 is 5.73 Å². The molecule has 1 saturated heterocycles. The first-order chi connectivity index (χ1) is 9.24. The highest BCUT2D eigenvalue weighted by Crippen LogP contribution is 2.40. The van der Waals surface area contributed by atoms with Gasteiger partial charge in [0.15, 0.2) is 0 Å². The molecule has 2 bridgehead atoms. The van der Waals surface area contributed by atoms with Crippen LogP contribution in [0, 0.1) is 5.92 Å². The van der Waals surface area contributed by atoms with E-state index in [0.29, 0.717) is 22.5 Å². The van der Waals surface area contributed by atoms with Crippen molar-refractivity contribution in [1.29, 1.82) is 0 Å². The van der Waals surface area contributed by atoms with E-state index in [2.05, 4.69) is 4.98 Å². The van der Waals surface area contributed by atoms with E-state index in [1.165, 1.54) is 24.2 Å². The first-order valence-electron chi connectivity index (χ1n) is 6.68. The molecular formula is C14H15N3OS. The summed E-state index contributed by atoms with van der Waals surface area (Å²) in [7, 11) is 0. The van der Waals surface area contributed by atoms with Gasteiger partial charge in [-0.25, -0.2) is 0 Å². The number of hydrogen-bond donors (Lipinski definition) is 1. The van der Waals surface area contributed by atoms with Crippen LogP contribution in [0.25, 0.3) is 10.2 Å². The van der Waals surface area contributed by atoms with Crippen LogP contribution in [0.5, 0.6) is 0 Å². The van der Waals surface area contributed by atoms with E-state index in [-0.39, 0.29) is 5.91 Å². The Morgan fingerprint density at radius 3 is 3.05 bits per heavy atom. The molecule has 0 aromatic carbocycles. The second-order valence-corrected chi connectivity index (χ2v) is 6.54. The van der Waals surface area contributed by atoms with Crippen molar-refractivity contribution in [3.05, 3.63) is 23.2 Å². The van der Waals surface area contributed by atoms with Gasteiger partial charge >= 0.3 is 0 Å². The standard InChI is InChI=1S/C14H15N3OS/c15-11-12-10(2-1-5-16-12)19-13(11)14(18)17-7-8-3-4-9(17)6-8/h1-2,5,8-9H,3-4,6-7,15H2. The lowest BCUT2D eigenvalue weighted by molar-refractivity contribution is 0.0709. The summed E-state index contributed by atoms with van der Waals surface area (Å²) < 4.78 is 0.993. The molecule has 1 aliphatic carbocycles. The number of nitrogens with zero attached hydrogens (tertiary/aromatic N) is 2. The van der Waals surface area contributed by atoms with Crippen molar-refractivity contribution in [2.24, 2.45) is 5.92 Å². The zero-order chi connectivity index (χ0) is 13.0. The topological polar surface area (TPSA) is 59.2 Å². The maximum atomic E-state index is 12.7. The first kappa shape index (κ1) is 11.2. The Morgan fingerprint density at radius 1 is 1.47 bits per heavy atom. The minimum absolute atomic E-state index is 0.104. The number of thiophene rings is 1. The number of nitrogen functional groups attached to an aromatic ring is 1. The molecule has 3 heterocycles. The highest BCUT2D eigenvalue weighted by Gasteiger charge is 2.41. The fourth-order valence-electron chi connectivity index (χ4n) is 3.41. The van der Waals surface area contributed by atoms with Crippen molar-refractivity contribution >= 4 is 33.1 Å². The van der Waals surface area contributed by atoms with Gasteiger partial charge in [-0.15, -0.1) is 11.3 Å². The number of anilines is 1. The van der Waals surface area contributed by atoms with Gasteiger partial charge in [0.2, 0.25) is 0 Å². The Hall–Kier alpha value is -1.62. The molecule has 2 unspecified atom stereocenters. The van der Waals surface area contributed by atoms with Crippen LogP contribution >= 0.6 is 11.3 Å². The quantitative estimate of drug-likeness (QED) is 0.868. The zero-order valence-corrected chi connectivity index (χ0v) is 11.3. The van der Waals surface area contributed by atoms with Gasteiger partial charge in [0.05, 0.1) is 10.4 Å². The lowest BCUT2D eigenvalue weighted by Gasteiger charge is -2.26. The molecule has 4 rings (SSSR count). The van der Waals surface area contributed by atoms with Crippen molar-refractivity contribution in [3.63, 3.8) is 0 Å². The second kappa shape index (κ2) is 3.93. The summed E-state index contributed by atoms with van der Waals surface area (Å²) in [4.78, 5) is 19.6. The molecule has 2 aromatic heterocycles. The van der Waals surface area contributed by atoms with E-state index in [4.69, 9.17) is 5.73 Å². The largest absolute Gasteiger partial charge is 0.396 e. The van der Waals surface area contributed by atoms with Crippen molar-refractivity contribution < 1.29 is 4.79 Å². The molecule has 2 aromatic rings.